The zero-order chi connectivity index (χ0) is 12.3. The van der Waals surface area contributed by atoms with Gasteiger partial charge in [-0.1, -0.05) is 31.5 Å². The molecule has 1 aromatic carbocycles. The number of hydrogen-bond donors (Lipinski definition) is 1. The van der Waals surface area contributed by atoms with Gasteiger partial charge in [0.2, 0.25) is 0 Å². The van der Waals surface area contributed by atoms with E-state index in [2.05, 4.69) is 30.2 Å². The molecule has 0 radical (unpaired) electrons. The predicted octanol–water partition coefficient (Wildman–Crippen LogP) is 4.60. The first kappa shape index (κ1) is 11.9. The fourth-order valence-corrected chi connectivity index (χ4v) is 1.78. The third kappa shape index (κ3) is 2.98. The van der Waals surface area contributed by atoms with E-state index in [1.807, 2.05) is 30.3 Å². The molecule has 88 valence electrons. The summed E-state index contributed by atoms with van der Waals surface area (Å²) in [5.41, 5.74) is 2.21. The van der Waals surface area contributed by atoms with Gasteiger partial charge < -0.3 is 5.32 Å². The van der Waals surface area contributed by atoms with Crippen LogP contribution in [0.15, 0.2) is 42.6 Å². The molecule has 1 heterocycles. The summed E-state index contributed by atoms with van der Waals surface area (Å²) in [7, 11) is 0. The zero-order valence-electron chi connectivity index (χ0n) is 9.94. The summed E-state index contributed by atoms with van der Waals surface area (Å²) >= 11 is 5.85. The van der Waals surface area contributed by atoms with Crippen LogP contribution in [0.5, 0.6) is 0 Å². The van der Waals surface area contributed by atoms with Crippen molar-refractivity contribution >= 4 is 23.1 Å². The van der Waals surface area contributed by atoms with Crippen LogP contribution >= 0.6 is 11.6 Å². The highest BCUT2D eigenvalue weighted by molar-refractivity contribution is 6.30. The second-order valence-electron chi connectivity index (χ2n) is 4.23. The van der Waals surface area contributed by atoms with Gasteiger partial charge in [0.15, 0.2) is 0 Å². The van der Waals surface area contributed by atoms with Gasteiger partial charge in [0.1, 0.15) is 5.82 Å². The van der Waals surface area contributed by atoms with Gasteiger partial charge in [-0.25, -0.2) is 4.98 Å². The van der Waals surface area contributed by atoms with E-state index in [0.717, 1.165) is 16.5 Å². The minimum Gasteiger partial charge on any atom is -0.340 e. The Morgan fingerprint density at radius 2 is 1.82 bits per heavy atom. The quantitative estimate of drug-likeness (QED) is 0.856. The highest BCUT2D eigenvalue weighted by atomic mass is 35.5. The summed E-state index contributed by atoms with van der Waals surface area (Å²) in [4.78, 5) is 4.37. The zero-order valence-corrected chi connectivity index (χ0v) is 10.7. The average Bonchev–Trinajstić information content (AvgIpc) is 2.32. The molecule has 17 heavy (non-hydrogen) atoms. The summed E-state index contributed by atoms with van der Waals surface area (Å²) < 4.78 is 0. The number of aromatic nitrogens is 1. The Bertz CT molecular complexity index is 492. The Hall–Kier alpha value is -1.54. The third-order valence-corrected chi connectivity index (χ3v) is 2.82. The highest BCUT2D eigenvalue weighted by Gasteiger charge is 2.06. The topological polar surface area (TPSA) is 24.9 Å². The van der Waals surface area contributed by atoms with Crippen molar-refractivity contribution in [1.29, 1.82) is 0 Å². The smallest absolute Gasteiger partial charge is 0.133 e. The van der Waals surface area contributed by atoms with Crippen molar-refractivity contribution in [1.82, 2.24) is 4.98 Å². The van der Waals surface area contributed by atoms with Gasteiger partial charge in [0, 0.05) is 16.9 Å². The van der Waals surface area contributed by atoms with E-state index in [0.29, 0.717) is 5.92 Å². The van der Waals surface area contributed by atoms with E-state index < -0.39 is 0 Å². The van der Waals surface area contributed by atoms with Gasteiger partial charge in [-0.2, -0.15) is 0 Å². The lowest BCUT2D eigenvalue weighted by Crippen LogP contribution is -1.99. The summed E-state index contributed by atoms with van der Waals surface area (Å²) in [6.07, 6.45) is 1.80. The molecule has 0 aliphatic rings. The number of anilines is 2. The number of nitrogens with one attached hydrogen (secondary N) is 1. The van der Waals surface area contributed by atoms with Gasteiger partial charge in [0.05, 0.1) is 0 Å². The molecule has 0 spiro atoms. The average molecular weight is 247 g/mol. The number of pyridine rings is 1. The van der Waals surface area contributed by atoms with E-state index in [-0.39, 0.29) is 0 Å². The van der Waals surface area contributed by atoms with Gasteiger partial charge in [0.25, 0.3) is 0 Å². The van der Waals surface area contributed by atoms with Crippen molar-refractivity contribution in [2.45, 2.75) is 19.8 Å². The van der Waals surface area contributed by atoms with Crippen LogP contribution in [-0.2, 0) is 0 Å². The Kier molecular flexibility index (Phi) is 3.64. The lowest BCUT2D eigenvalue weighted by Gasteiger charge is -2.13. The molecule has 0 saturated carbocycles. The summed E-state index contributed by atoms with van der Waals surface area (Å²) in [6, 6.07) is 11.7. The van der Waals surface area contributed by atoms with E-state index in [4.69, 9.17) is 11.6 Å². The number of halogens is 1. The van der Waals surface area contributed by atoms with E-state index >= 15 is 0 Å². The monoisotopic (exact) mass is 246 g/mol. The van der Waals surface area contributed by atoms with Crippen LogP contribution in [-0.4, -0.2) is 4.98 Å². The maximum atomic E-state index is 5.85. The molecule has 2 aromatic rings. The Morgan fingerprint density at radius 3 is 2.47 bits per heavy atom. The first-order valence-corrected chi connectivity index (χ1v) is 6.02. The van der Waals surface area contributed by atoms with Crippen LogP contribution in [0.1, 0.15) is 25.3 Å². The molecular weight excluding hydrogens is 232 g/mol. The van der Waals surface area contributed by atoms with Gasteiger partial charge in [-0.05, 0) is 41.8 Å². The number of benzene rings is 1. The van der Waals surface area contributed by atoms with Crippen molar-refractivity contribution in [3.05, 3.63) is 53.2 Å². The van der Waals surface area contributed by atoms with E-state index in [9.17, 15) is 0 Å². The normalized spacial score (nSPS) is 10.6. The van der Waals surface area contributed by atoms with Gasteiger partial charge in [-0.15, -0.1) is 0 Å². The van der Waals surface area contributed by atoms with Crippen LogP contribution in [0.2, 0.25) is 5.02 Å². The fraction of sp³-hybridized carbons (Fsp3) is 0.214. The van der Waals surface area contributed by atoms with Crippen LogP contribution in [0.25, 0.3) is 0 Å². The molecule has 0 aliphatic carbocycles. The molecule has 0 aliphatic heterocycles. The Morgan fingerprint density at radius 1 is 1.12 bits per heavy atom. The second kappa shape index (κ2) is 5.19. The molecular formula is C14H15ClN2. The van der Waals surface area contributed by atoms with Gasteiger partial charge >= 0.3 is 0 Å². The highest BCUT2D eigenvalue weighted by Crippen LogP contribution is 2.25. The van der Waals surface area contributed by atoms with E-state index in [1.54, 1.807) is 6.20 Å². The lowest BCUT2D eigenvalue weighted by molar-refractivity contribution is 0.861. The maximum Gasteiger partial charge on any atom is 0.133 e. The molecule has 0 amide bonds. The maximum absolute atomic E-state index is 5.85. The molecule has 0 saturated heterocycles. The number of nitrogens with zero attached hydrogens (tertiary/aromatic N) is 1. The van der Waals surface area contributed by atoms with Crippen molar-refractivity contribution in [3.63, 3.8) is 0 Å². The first-order chi connectivity index (χ1) is 8.16. The summed E-state index contributed by atoms with van der Waals surface area (Å²) in [5.74, 6) is 1.35. The molecule has 0 bridgehead atoms. The summed E-state index contributed by atoms with van der Waals surface area (Å²) in [5, 5.41) is 4.05. The van der Waals surface area contributed by atoms with Crippen LogP contribution < -0.4 is 5.32 Å². The minimum absolute atomic E-state index is 0.443. The van der Waals surface area contributed by atoms with E-state index in [1.165, 1.54) is 5.56 Å². The molecule has 2 nitrogen and oxygen atoms in total. The van der Waals surface area contributed by atoms with Crippen molar-refractivity contribution in [3.8, 4) is 0 Å². The summed E-state index contributed by atoms with van der Waals surface area (Å²) in [6.45, 7) is 4.31. The number of rotatable bonds is 3. The SMILES string of the molecule is CC(C)c1cccnc1Nc1ccc(Cl)cc1. The molecule has 1 aromatic heterocycles. The Labute approximate surface area is 107 Å². The second-order valence-corrected chi connectivity index (χ2v) is 4.66. The molecule has 1 N–H and O–H groups in total. The fourth-order valence-electron chi connectivity index (χ4n) is 1.66. The third-order valence-electron chi connectivity index (χ3n) is 2.57. The first-order valence-electron chi connectivity index (χ1n) is 5.64. The number of hydrogen-bond acceptors (Lipinski definition) is 2. The molecule has 0 fully saturated rings. The van der Waals surface area contributed by atoms with Gasteiger partial charge in [-0.3, -0.25) is 0 Å². The molecule has 0 unspecified atom stereocenters. The molecule has 0 atom stereocenters. The van der Waals surface area contributed by atoms with Crippen LogP contribution in [0.3, 0.4) is 0 Å². The van der Waals surface area contributed by atoms with Crippen molar-refractivity contribution in [2.24, 2.45) is 0 Å². The Balaban J connectivity index is 2.26. The standard InChI is InChI=1S/C14H15ClN2/c1-10(2)13-4-3-9-16-14(13)17-12-7-5-11(15)6-8-12/h3-10H,1-2H3,(H,16,17). The van der Waals surface area contributed by atoms with Crippen LogP contribution in [0, 0.1) is 0 Å². The predicted molar refractivity (Wildman–Crippen MR) is 73.1 cm³/mol. The van der Waals surface area contributed by atoms with Crippen molar-refractivity contribution in [2.75, 3.05) is 5.32 Å². The molecule has 3 heteroatoms. The minimum atomic E-state index is 0.443. The molecule has 2 rings (SSSR count). The largest absolute Gasteiger partial charge is 0.340 e. The van der Waals surface area contributed by atoms with Crippen molar-refractivity contribution < 1.29 is 0 Å². The van der Waals surface area contributed by atoms with Crippen LogP contribution in [0.4, 0.5) is 11.5 Å². The lowest BCUT2D eigenvalue weighted by atomic mass is 10.0.